The van der Waals surface area contributed by atoms with E-state index in [9.17, 15) is 4.79 Å². The van der Waals surface area contributed by atoms with Gasteiger partial charge in [-0.2, -0.15) is 0 Å². The SMILES string of the molecule is Cc1cccc(C(=O)Nc2ccc(NCC3CCCO3)nn2)c1. The molecule has 23 heavy (non-hydrogen) atoms. The van der Waals surface area contributed by atoms with Crippen LogP contribution in [0.15, 0.2) is 36.4 Å². The Kier molecular flexibility index (Phi) is 4.83. The molecule has 1 saturated heterocycles. The molecule has 1 unspecified atom stereocenters. The number of carbonyl (C=O) groups excluding carboxylic acids is 1. The number of rotatable bonds is 5. The Hall–Kier alpha value is -2.47. The minimum absolute atomic E-state index is 0.192. The number of ether oxygens (including phenoxy) is 1. The Morgan fingerprint density at radius 1 is 1.26 bits per heavy atom. The summed E-state index contributed by atoms with van der Waals surface area (Å²) in [5.41, 5.74) is 1.64. The molecule has 6 nitrogen and oxygen atoms in total. The van der Waals surface area contributed by atoms with Gasteiger partial charge < -0.3 is 15.4 Å². The first-order valence-corrected chi connectivity index (χ1v) is 7.78. The molecular weight excluding hydrogens is 292 g/mol. The molecule has 6 heteroatoms. The number of aryl methyl sites for hydroxylation is 1. The summed E-state index contributed by atoms with van der Waals surface area (Å²) in [5, 5.41) is 14.0. The zero-order valence-corrected chi connectivity index (χ0v) is 13.1. The van der Waals surface area contributed by atoms with Crippen LogP contribution in [0.1, 0.15) is 28.8 Å². The molecule has 1 atom stereocenters. The molecule has 1 aliphatic rings. The highest BCUT2D eigenvalue weighted by Crippen LogP contribution is 2.13. The van der Waals surface area contributed by atoms with E-state index in [1.807, 2.05) is 25.1 Å². The van der Waals surface area contributed by atoms with E-state index in [1.54, 1.807) is 18.2 Å². The van der Waals surface area contributed by atoms with Crippen LogP contribution in [0.3, 0.4) is 0 Å². The zero-order chi connectivity index (χ0) is 16.1. The summed E-state index contributed by atoms with van der Waals surface area (Å²) in [7, 11) is 0. The van der Waals surface area contributed by atoms with Gasteiger partial charge in [-0.25, -0.2) is 0 Å². The topological polar surface area (TPSA) is 76.1 Å². The maximum atomic E-state index is 12.1. The van der Waals surface area contributed by atoms with Gasteiger partial charge in [-0.15, -0.1) is 10.2 Å². The molecule has 1 aromatic heterocycles. The van der Waals surface area contributed by atoms with Crippen molar-refractivity contribution in [3.63, 3.8) is 0 Å². The first-order chi connectivity index (χ1) is 11.2. The van der Waals surface area contributed by atoms with E-state index in [0.717, 1.165) is 31.6 Å². The van der Waals surface area contributed by atoms with E-state index in [-0.39, 0.29) is 12.0 Å². The number of amides is 1. The number of aromatic nitrogens is 2. The van der Waals surface area contributed by atoms with Gasteiger partial charge in [0.2, 0.25) is 0 Å². The highest BCUT2D eigenvalue weighted by atomic mass is 16.5. The highest BCUT2D eigenvalue weighted by molar-refractivity contribution is 6.03. The first-order valence-electron chi connectivity index (χ1n) is 7.78. The Morgan fingerprint density at radius 3 is 2.78 bits per heavy atom. The van der Waals surface area contributed by atoms with Crippen LogP contribution in [-0.2, 0) is 4.74 Å². The van der Waals surface area contributed by atoms with Gasteiger partial charge in [-0.3, -0.25) is 4.79 Å². The largest absolute Gasteiger partial charge is 0.376 e. The van der Waals surface area contributed by atoms with Crippen molar-refractivity contribution in [2.24, 2.45) is 0 Å². The molecule has 0 spiro atoms. The van der Waals surface area contributed by atoms with Crippen LogP contribution in [0.4, 0.5) is 11.6 Å². The predicted octanol–water partition coefficient (Wildman–Crippen LogP) is 2.63. The Labute approximate surface area is 135 Å². The molecule has 2 heterocycles. The summed E-state index contributed by atoms with van der Waals surface area (Å²) in [5.74, 6) is 0.913. The second-order valence-electron chi connectivity index (χ2n) is 5.64. The van der Waals surface area contributed by atoms with Gasteiger partial charge >= 0.3 is 0 Å². The normalized spacial score (nSPS) is 17.0. The molecule has 0 saturated carbocycles. The van der Waals surface area contributed by atoms with Gasteiger partial charge in [0.15, 0.2) is 5.82 Å². The Bertz CT molecular complexity index is 667. The van der Waals surface area contributed by atoms with E-state index in [4.69, 9.17) is 4.74 Å². The number of hydrogen-bond acceptors (Lipinski definition) is 5. The summed E-state index contributed by atoms with van der Waals surface area (Å²) in [4.78, 5) is 12.1. The van der Waals surface area contributed by atoms with Crippen LogP contribution in [0, 0.1) is 6.92 Å². The first kappa shape index (κ1) is 15.4. The van der Waals surface area contributed by atoms with Gasteiger partial charge in [-0.05, 0) is 44.0 Å². The molecule has 1 amide bonds. The average Bonchev–Trinajstić information content (AvgIpc) is 3.08. The summed E-state index contributed by atoms with van der Waals surface area (Å²) in [6.45, 7) is 3.51. The Balaban J connectivity index is 1.55. The third-order valence-corrected chi connectivity index (χ3v) is 3.72. The molecule has 1 aliphatic heterocycles. The number of hydrogen-bond donors (Lipinski definition) is 2. The molecule has 0 bridgehead atoms. The second kappa shape index (κ2) is 7.19. The van der Waals surface area contributed by atoms with E-state index in [1.165, 1.54) is 0 Å². The van der Waals surface area contributed by atoms with Gasteiger partial charge in [-0.1, -0.05) is 17.7 Å². The van der Waals surface area contributed by atoms with Crippen LogP contribution in [0.2, 0.25) is 0 Å². The molecule has 0 aliphatic carbocycles. The van der Waals surface area contributed by atoms with Gasteiger partial charge in [0.05, 0.1) is 6.10 Å². The number of anilines is 2. The van der Waals surface area contributed by atoms with Crippen molar-refractivity contribution >= 4 is 17.5 Å². The maximum Gasteiger partial charge on any atom is 0.256 e. The van der Waals surface area contributed by atoms with Crippen molar-refractivity contribution in [1.29, 1.82) is 0 Å². The van der Waals surface area contributed by atoms with E-state index >= 15 is 0 Å². The fraction of sp³-hybridized carbons (Fsp3) is 0.353. The van der Waals surface area contributed by atoms with Crippen LogP contribution in [0.5, 0.6) is 0 Å². The van der Waals surface area contributed by atoms with Crippen LogP contribution >= 0.6 is 0 Å². The predicted molar refractivity (Wildman–Crippen MR) is 88.6 cm³/mol. The van der Waals surface area contributed by atoms with Crippen LogP contribution in [-0.4, -0.2) is 35.4 Å². The quantitative estimate of drug-likeness (QED) is 0.887. The smallest absolute Gasteiger partial charge is 0.256 e. The minimum atomic E-state index is -0.192. The molecular formula is C17H20N4O2. The summed E-state index contributed by atoms with van der Waals surface area (Å²) in [6.07, 6.45) is 2.44. The van der Waals surface area contributed by atoms with Gasteiger partial charge in [0.1, 0.15) is 5.82 Å². The van der Waals surface area contributed by atoms with Crippen molar-refractivity contribution in [2.75, 3.05) is 23.8 Å². The number of carbonyl (C=O) groups is 1. The van der Waals surface area contributed by atoms with Crippen molar-refractivity contribution in [2.45, 2.75) is 25.9 Å². The third-order valence-electron chi connectivity index (χ3n) is 3.72. The third kappa shape index (κ3) is 4.26. The molecule has 1 aromatic carbocycles. The van der Waals surface area contributed by atoms with Crippen molar-refractivity contribution in [3.05, 3.63) is 47.5 Å². The van der Waals surface area contributed by atoms with Crippen LogP contribution < -0.4 is 10.6 Å². The number of benzene rings is 1. The van der Waals surface area contributed by atoms with E-state index in [2.05, 4.69) is 20.8 Å². The van der Waals surface area contributed by atoms with Gasteiger partial charge in [0, 0.05) is 18.7 Å². The number of nitrogens with zero attached hydrogens (tertiary/aromatic N) is 2. The van der Waals surface area contributed by atoms with Crippen molar-refractivity contribution in [1.82, 2.24) is 10.2 Å². The molecule has 2 N–H and O–H groups in total. The van der Waals surface area contributed by atoms with Crippen LogP contribution in [0.25, 0.3) is 0 Å². The summed E-state index contributed by atoms with van der Waals surface area (Å²) >= 11 is 0. The lowest BCUT2D eigenvalue weighted by Crippen LogP contribution is -2.19. The summed E-state index contributed by atoms with van der Waals surface area (Å²) in [6, 6.07) is 10.9. The monoisotopic (exact) mass is 312 g/mol. The molecule has 120 valence electrons. The lowest BCUT2D eigenvalue weighted by Gasteiger charge is -2.11. The standard InChI is InChI=1S/C17H20N4O2/c1-12-4-2-5-13(10-12)17(22)19-16-8-7-15(20-21-16)18-11-14-6-3-9-23-14/h2,4-5,7-8,10,14H,3,6,9,11H2,1H3,(H,18,20)(H,19,21,22). The lowest BCUT2D eigenvalue weighted by molar-refractivity contribution is 0.102. The molecule has 3 rings (SSSR count). The number of nitrogens with one attached hydrogen (secondary N) is 2. The maximum absolute atomic E-state index is 12.1. The fourth-order valence-electron chi connectivity index (χ4n) is 2.49. The molecule has 1 fully saturated rings. The fourth-order valence-corrected chi connectivity index (χ4v) is 2.49. The van der Waals surface area contributed by atoms with E-state index < -0.39 is 0 Å². The second-order valence-corrected chi connectivity index (χ2v) is 5.64. The summed E-state index contributed by atoms with van der Waals surface area (Å²) < 4.78 is 5.54. The van der Waals surface area contributed by atoms with Crippen molar-refractivity contribution < 1.29 is 9.53 Å². The van der Waals surface area contributed by atoms with Crippen molar-refractivity contribution in [3.8, 4) is 0 Å². The van der Waals surface area contributed by atoms with E-state index in [0.29, 0.717) is 17.2 Å². The highest BCUT2D eigenvalue weighted by Gasteiger charge is 2.15. The molecule has 2 aromatic rings. The van der Waals surface area contributed by atoms with Gasteiger partial charge in [0.25, 0.3) is 5.91 Å². The average molecular weight is 312 g/mol. The lowest BCUT2D eigenvalue weighted by atomic mass is 10.1. The molecule has 0 radical (unpaired) electrons. The Morgan fingerprint density at radius 2 is 2.09 bits per heavy atom. The zero-order valence-electron chi connectivity index (χ0n) is 13.1. The minimum Gasteiger partial charge on any atom is -0.376 e.